The van der Waals surface area contributed by atoms with Crippen molar-refractivity contribution < 1.29 is 0 Å². The maximum absolute atomic E-state index is 8.82. The van der Waals surface area contributed by atoms with E-state index in [2.05, 4.69) is 18.2 Å². The van der Waals surface area contributed by atoms with Gasteiger partial charge in [0.15, 0.2) is 0 Å². The maximum atomic E-state index is 8.82. The summed E-state index contributed by atoms with van der Waals surface area (Å²) in [6.45, 7) is 2.03. The normalized spacial score (nSPS) is 10.0. The van der Waals surface area contributed by atoms with Crippen molar-refractivity contribution in [3.05, 3.63) is 34.3 Å². The molecule has 0 saturated heterocycles. The Morgan fingerprint density at radius 3 is 2.75 bits per heavy atom. The number of benzene rings is 1. The molecule has 2 rings (SSSR count). The fourth-order valence-electron chi connectivity index (χ4n) is 1.28. The number of nitriles is 1. The number of aryl methyl sites for hydroxylation is 1. The molecule has 0 aliphatic heterocycles. The summed E-state index contributed by atoms with van der Waals surface area (Å²) in [7, 11) is 0. The van der Waals surface area contributed by atoms with E-state index in [1.165, 1.54) is 15.2 Å². The van der Waals surface area contributed by atoms with Crippen molar-refractivity contribution in [3.63, 3.8) is 0 Å². The van der Waals surface area contributed by atoms with Gasteiger partial charge in [-0.15, -0.1) is 0 Å². The van der Waals surface area contributed by atoms with Crippen LogP contribution in [-0.4, -0.2) is 14.5 Å². The third-order valence-corrected chi connectivity index (χ3v) is 4.42. The van der Waals surface area contributed by atoms with E-state index in [0.29, 0.717) is 0 Å². The molecule has 2 aromatic rings. The molecule has 0 unspecified atom stereocenters. The molecular weight excluding hydrogens is 213 g/mol. The van der Waals surface area contributed by atoms with Gasteiger partial charge in [-0.3, -0.25) is 0 Å². The molecule has 0 fully saturated rings. The fraction of sp³-hybridized carbons (Fsp3) is 0.100. The molecule has 0 aliphatic carbocycles. The van der Waals surface area contributed by atoms with Gasteiger partial charge in [-0.2, -0.15) is 0 Å². The zero-order valence-electron chi connectivity index (χ0n) is 6.66. The average molecular weight is 220 g/mol. The summed E-state index contributed by atoms with van der Waals surface area (Å²) in [6.07, 6.45) is 0. The summed E-state index contributed by atoms with van der Waals surface area (Å²) in [5, 5.41) is 10.1. The summed E-state index contributed by atoms with van der Waals surface area (Å²) >= 11 is 0.259. The van der Waals surface area contributed by atoms with Crippen LogP contribution in [-0.2, 0) is 0 Å². The third-order valence-electron chi connectivity index (χ3n) is 1.95. The van der Waals surface area contributed by atoms with Crippen LogP contribution >= 0.6 is 0 Å². The van der Waals surface area contributed by atoms with Crippen LogP contribution in [0.25, 0.3) is 9.65 Å². The van der Waals surface area contributed by atoms with Crippen LogP contribution in [0.2, 0.25) is 0 Å². The second-order valence-corrected chi connectivity index (χ2v) is 4.87. The summed E-state index contributed by atoms with van der Waals surface area (Å²) in [4.78, 5) is 0. The average Bonchev–Trinajstić information content (AvgIpc) is 2.44. The van der Waals surface area contributed by atoms with Gasteiger partial charge >= 0.3 is 76.7 Å². The van der Waals surface area contributed by atoms with Crippen molar-refractivity contribution in [1.82, 2.24) is 0 Å². The second-order valence-electron chi connectivity index (χ2n) is 2.66. The minimum absolute atomic E-state index is 0.259. The topological polar surface area (TPSA) is 23.8 Å². The van der Waals surface area contributed by atoms with Crippen molar-refractivity contribution in [2.45, 2.75) is 6.92 Å². The predicted octanol–water partition coefficient (Wildman–Crippen LogP) is 2.08. The Balaban J connectivity index is 2.90. The van der Waals surface area contributed by atoms with E-state index in [4.69, 9.17) is 5.26 Å². The monoisotopic (exact) mass is 221 g/mol. The van der Waals surface area contributed by atoms with Gasteiger partial charge in [0, 0.05) is 0 Å². The molecule has 0 atom stereocenters. The van der Waals surface area contributed by atoms with Gasteiger partial charge in [-0.25, -0.2) is 0 Å². The first kappa shape index (κ1) is 7.61. The Labute approximate surface area is 77.0 Å². The molecule has 1 nitrogen and oxygen atoms in total. The zero-order chi connectivity index (χ0) is 8.55. The van der Waals surface area contributed by atoms with E-state index in [9.17, 15) is 0 Å². The van der Waals surface area contributed by atoms with E-state index < -0.39 is 0 Å². The Bertz CT molecular complexity index is 462. The predicted molar refractivity (Wildman–Crippen MR) is 50.3 cm³/mol. The molecule has 58 valence electrons. The molecule has 0 radical (unpaired) electrons. The summed E-state index contributed by atoms with van der Waals surface area (Å²) < 4.78 is 2.32. The second kappa shape index (κ2) is 2.79. The van der Waals surface area contributed by atoms with Crippen LogP contribution in [0.1, 0.15) is 10.0 Å². The van der Waals surface area contributed by atoms with E-state index in [0.717, 1.165) is 4.44 Å². The van der Waals surface area contributed by atoms with Crippen molar-refractivity contribution >= 4 is 24.1 Å². The standard InChI is InChI=1S/C10H7NSe/c1-7-8-4-2-3-5-9(8)12-10(7)6-11/h2-5H,1H3. The Morgan fingerprint density at radius 1 is 1.33 bits per heavy atom. The van der Waals surface area contributed by atoms with Crippen LogP contribution in [0.5, 0.6) is 0 Å². The van der Waals surface area contributed by atoms with Gasteiger partial charge in [0.05, 0.1) is 0 Å². The molecule has 0 N–H and O–H groups in total. The molecule has 0 amide bonds. The van der Waals surface area contributed by atoms with E-state index >= 15 is 0 Å². The van der Waals surface area contributed by atoms with Crippen molar-refractivity contribution in [3.8, 4) is 6.07 Å². The molecule has 0 bridgehead atoms. The van der Waals surface area contributed by atoms with Crippen molar-refractivity contribution in [2.24, 2.45) is 0 Å². The van der Waals surface area contributed by atoms with E-state index in [-0.39, 0.29) is 14.5 Å². The Kier molecular flexibility index (Phi) is 1.77. The van der Waals surface area contributed by atoms with Crippen LogP contribution in [0.4, 0.5) is 0 Å². The van der Waals surface area contributed by atoms with Gasteiger partial charge in [-0.05, 0) is 0 Å². The fourth-order valence-corrected chi connectivity index (χ4v) is 3.39. The number of fused-ring (bicyclic) bond motifs is 1. The summed E-state index contributed by atoms with van der Waals surface area (Å²) in [5.74, 6) is 0. The van der Waals surface area contributed by atoms with Crippen LogP contribution in [0.15, 0.2) is 24.3 Å². The number of hydrogen-bond acceptors (Lipinski definition) is 1. The first-order valence-corrected chi connectivity index (χ1v) is 5.42. The van der Waals surface area contributed by atoms with Crippen molar-refractivity contribution in [1.29, 1.82) is 5.26 Å². The molecule has 1 heterocycles. The van der Waals surface area contributed by atoms with Crippen LogP contribution < -0.4 is 0 Å². The zero-order valence-corrected chi connectivity index (χ0v) is 8.38. The Hall–Kier alpha value is -1.03. The molecule has 1 aromatic heterocycles. The van der Waals surface area contributed by atoms with Crippen LogP contribution in [0, 0.1) is 18.3 Å². The number of hydrogen-bond donors (Lipinski definition) is 0. The van der Waals surface area contributed by atoms with Crippen molar-refractivity contribution in [2.75, 3.05) is 0 Å². The Morgan fingerprint density at radius 2 is 2.08 bits per heavy atom. The number of nitrogens with zero attached hydrogens (tertiary/aromatic N) is 1. The molecule has 0 aliphatic rings. The SMILES string of the molecule is Cc1c(C#N)[se]c2ccccc12. The van der Waals surface area contributed by atoms with Crippen LogP contribution in [0.3, 0.4) is 0 Å². The molecule has 2 heteroatoms. The van der Waals surface area contributed by atoms with Gasteiger partial charge < -0.3 is 0 Å². The van der Waals surface area contributed by atoms with E-state index in [1.807, 2.05) is 19.1 Å². The first-order chi connectivity index (χ1) is 5.83. The molecule has 0 saturated carbocycles. The number of rotatable bonds is 0. The quantitative estimate of drug-likeness (QED) is 0.623. The first-order valence-electron chi connectivity index (χ1n) is 3.71. The van der Waals surface area contributed by atoms with Gasteiger partial charge in [0.1, 0.15) is 0 Å². The minimum atomic E-state index is 0.259. The van der Waals surface area contributed by atoms with Gasteiger partial charge in [-0.1, -0.05) is 0 Å². The molecular formula is C10H7NSe. The molecule has 1 aromatic carbocycles. The van der Waals surface area contributed by atoms with Gasteiger partial charge in [0.25, 0.3) is 0 Å². The molecule has 0 spiro atoms. The summed E-state index contributed by atoms with van der Waals surface area (Å²) in [5.41, 5.74) is 1.17. The van der Waals surface area contributed by atoms with Gasteiger partial charge in [0.2, 0.25) is 0 Å². The third kappa shape index (κ3) is 0.992. The molecule has 12 heavy (non-hydrogen) atoms. The summed E-state index contributed by atoms with van der Waals surface area (Å²) in [6, 6.07) is 10.5. The van der Waals surface area contributed by atoms with E-state index in [1.54, 1.807) is 0 Å².